The highest BCUT2D eigenvalue weighted by molar-refractivity contribution is 9.10. The maximum absolute atomic E-state index is 6.07. The van der Waals surface area contributed by atoms with Crippen LogP contribution >= 0.6 is 15.9 Å². The zero-order valence-electron chi connectivity index (χ0n) is 12.7. The summed E-state index contributed by atoms with van der Waals surface area (Å²) in [6.45, 7) is 5.49. The van der Waals surface area contributed by atoms with Gasteiger partial charge in [0.15, 0.2) is 0 Å². The highest BCUT2D eigenvalue weighted by Crippen LogP contribution is 2.31. The molecule has 1 aromatic rings. The molecule has 0 radical (unpaired) electrons. The van der Waals surface area contributed by atoms with Crippen LogP contribution < -0.4 is 10.6 Å². The molecule has 0 saturated heterocycles. The van der Waals surface area contributed by atoms with Crippen LogP contribution in [0.1, 0.15) is 51.5 Å². The van der Waals surface area contributed by atoms with E-state index < -0.39 is 0 Å². The molecule has 2 N–H and O–H groups in total. The lowest BCUT2D eigenvalue weighted by Crippen LogP contribution is -2.33. The molecular formula is C17H27BrN2. The smallest absolute Gasteiger partial charge is 0.0380 e. The number of hydrogen-bond acceptors (Lipinski definition) is 2. The van der Waals surface area contributed by atoms with Gasteiger partial charge in [0.05, 0.1) is 0 Å². The molecule has 0 aromatic heterocycles. The minimum Gasteiger partial charge on any atom is -0.369 e. The lowest BCUT2D eigenvalue weighted by Gasteiger charge is -2.30. The van der Waals surface area contributed by atoms with Gasteiger partial charge in [-0.15, -0.1) is 0 Å². The predicted molar refractivity (Wildman–Crippen MR) is 91.4 cm³/mol. The fourth-order valence-corrected chi connectivity index (χ4v) is 3.70. The van der Waals surface area contributed by atoms with E-state index in [0.717, 1.165) is 25.4 Å². The standard InChI is InChI=1S/C17H27BrN2/c1-3-14(19)11-13-9-10-16(12-17(13)18)20(4-2)15-7-5-6-8-15/h9-10,12,14-15H,3-8,11,19H2,1-2H3. The van der Waals surface area contributed by atoms with E-state index in [-0.39, 0.29) is 6.04 Å². The van der Waals surface area contributed by atoms with Crippen molar-refractivity contribution >= 4 is 21.6 Å². The molecule has 0 bridgehead atoms. The molecule has 1 atom stereocenters. The number of benzene rings is 1. The monoisotopic (exact) mass is 338 g/mol. The summed E-state index contributed by atoms with van der Waals surface area (Å²) in [5.41, 5.74) is 8.74. The third-order valence-corrected chi connectivity index (χ3v) is 5.22. The van der Waals surface area contributed by atoms with Gasteiger partial charge in [-0.05, 0) is 50.3 Å². The minimum absolute atomic E-state index is 0.259. The van der Waals surface area contributed by atoms with E-state index in [9.17, 15) is 0 Å². The van der Waals surface area contributed by atoms with Crippen LogP contribution in [0.25, 0.3) is 0 Å². The molecule has 1 fully saturated rings. The molecule has 0 amide bonds. The van der Waals surface area contributed by atoms with Crippen molar-refractivity contribution in [3.63, 3.8) is 0 Å². The van der Waals surface area contributed by atoms with Gasteiger partial charge in [0.2, 0.25) is 0 Å². The third-order valence-electron chi connectivity index (χ3n) is 4.48. The Bertz CT molecular complexity index is 427. The third kappa shape index (κ3) is 3.76. The molecular weight excluding hydrogens is 312 g/mol. The van der Waals surface area contributed by atoms with E-state index in [2.05, 4.69) is 52.9 Å². The summed E-state index contributed by atoms with van der Waals surface area (Å²) in [7, 11) is 0. The molecule has 20 heavy (non-hydrogen) atoms. The van der Waals surface area contributed by atoms with E-state index in [1.165, 1.54) is 41.4 Å². The Morgan fingerprint density at radius 2 is 2.00 bits per heavy atom. The van der Waals surface area contributed by atoms with Crippen molar-refractivity contribution in [1.29, 1.82) is 0 Å². The molecule has 1 aliphatic rings. The Morgan fingerprint density at radius 1 is 1.30 bits per heavy atom. The van der Waals surface area contributed by atoms with Crippen LogP contribution in [0.5, 0.6) is 0 Å². The van der Waals surface area contributed by atoms with Crippen LogP contribution in [-0.4, -0.2) is 18.6 Å². The van der Waals surface area contributed by atoms with Crippen LogP contribution in [-0.2, 0) is 6.42 Å². The van der Waals surface area contributed by atoms with Crippen LogP contribution in [0.3, 0.4) is 0 Å². The Balaban J connectivity index is 2.14. The highest BCUT2D eigenvalue weighted by Gasteiger charge is 2.22. The van der Waals surface area contributed by atoms with Gasteiger partial charge in [0.1, 0.15) is 0 Å². The average Bonchev–Trinajstić information content (AvgIpc) is 2.96. The van der Waals surface area contributed by atoms with Crippen molar-refractivity contribution < 1.29 is 0 Å². The van der Waals surface area contributed by atoms with E-state index in [1.807, 2.05) is 0 Å². The van der Waals surface area contributed by atoms with Gasteiger partial charge >= 0.3 is 0 Å². The highest BCUT2D eigenvalue weighted by atomic mass is 79.9. The molecule has 3 heteroatoms. The maximum Gasteiger partial charge on any atom is 0.0380 e. The fraction of sp³-hybridized carbons (Fsp3) is 0.647. The molecule has 1 saturated carbocycles. The summed E-state index contributed by atoms with van der Waals surface area (Å²) in [5, 5.41) is 0. The summed E-state index contributed by atoms with van der Waals surface area (Å²) in [4.78, 5) is 2.56. The molecule has 2 nitrogen and oxygen atoms in total. The van der Waals surface area contributed by atoms with Gasteiger partial charge in [-0.1, -0.05) is 41.8 Å². The first-order valence-corrected chi connectivity index (χ1v) is 8.75. The average molecular weight is 339 g/mol. The van der Waals surface area contributed by atoms with Gasteiger partial charge < -0.3 is 10.6 Å². The largest absolute Gasteiger partial charge is 0.369 e. The summed E-state index contributed by atoms with van der Waals surface area (Å²) in [6.07, 6.45) is 7.42. The second-order valence-corrected chi connectivity index (χ2v) is 6.73. The number of nitrogens with zero attached hydrogens (tertiary/aromatic N) is 1. The Morgan fingerprint density at radius 3 is 2.55 bits per heavy atom. The zero-order chi connectivity index (χ0) is 14.5. The summed E-state index contributed by atoms with van der Waals surface area (Å²) in [5.74, 6) is 0. The van der Waals surface area contributed by atoms with Gasteiger partial charge in [-0.25, -0.2) is 0 Å². The molecule has 0 aliphatic heterocycles. The molecule has 0 heterocycles. The van der Waals surface area contributed by atoms with Crippen molar-refractivity contribution in [1.82, 2.24) is 0 Å². The molecule has 1 unspecified atom stereocenters. The zero-order valence-corrected chi connectivity index (χ0v) is 14.3. The number of rotatable bonds is 6. The Kier molecular flexibility index (Phi) is 5.91. The van der Waals surface area contributed by atoms with Crippen LogP contribution in [0.2, 0.25) is 0 Å². The second kappa shape index (κ2) is 7.46. The maximum atomic E-state index is 6.07. The van der Waals surface area contributed by atoms with E-state index in [1.54, 1.807) is 0 Å². The molecule has 1 aromatic carbocycles. The number of hydrogen-bond donors (Lipinski definition) is 1. The Labute approximate surface area is 131 Å². The van der Waals surface area contributed by atoms with E-state index >= 15 is 0 Å². The van der Waals surface area contributed by atoms with Crippen LogP contribution in [0.4, 0.5) is 5.69 Å². The van der Waals surface area contributed by atoms with Crippen LogP contribution in [0, 0.1) is 0 Å². The predicted octanol–water partition coefficient (Wildman–Crippen LogP) is 4.50. The lowest BCUT2D eigenvalue weighted by molar-refractivity contribution is 0.619. The van der Waals surface area contributed by atoms with Gasteiger partial charge in [-0.2, -0.15) is 0 Å². The van der Waals surface area contributed by atoms with E-state index in [0.29, 0.717) is 0 Å². The van der Waals surface area contributed by atoms with Gasteiger partial charge in [0.25, 0.3) is 0 Å². The van der Waals surface area contributed by atoms with Gasteiger partial charge in [-0.3, -0.25) is 0 Å². The first-order valence-electron chi connectivity index (χ1n) is 7.96. The Hall–Kier alpha value is -0.540. The first kappa shape index (κ1) is 15.8. The second-order valence-electron chi connectivity index (χ2n) is 5.87. The van der Waals surface area contributed by atoms with Crippen molar-refractivity contribution in [3.8, 4) is 0 Å². The number of anilines is 1. The van der Waals surface area contributed by atoms with Crippen molar-refractivity contribution in [2.45, 2.75) is 64.5 Å². The fourth-order valence-electron chi connectivity index (χ4n) is 3.17. The number of halogens is 1. The summed E-state index contributed by atoms with van der Waals surface area (Å²) in [6, 6.07) is 7.78. The molecule has 2 rings (SSSR count). The number of nitrogens with two attached hydrogens (primary N) is 1. The van der Waals surface area contributed by atoms with Crippen LogP contribution in [0.15, 0.2) is 22.7 Å². The molecule has 0 spiro atoms. The topological polar surface area (TPSA) is 29.3 Å². The van der Waals surface area contributed by atoms with Crippen molar-refractivity contribution in [2.24, 2.45) is 5.73 Å². The molecule has 1 aliphatic carbocycles. The normalized spacial score (nSPS) is 17.4. The van der Waals surface area contributed by atoms with Crippen molar-refractivity contribution in [2.75, 3.05) is 11.4 Å². The first-order chi connectivity index (χ1) is 9.65. The SMILES string of the molecule is CCC(N)Cc1ccc(N(CC)C2CCCC2)cc1Br. The minimum atomic E-state index is 0.259. The van der Waals surface area contributed by atoms with Crippen molar-refractivity contribution in [3.05, 3.63) is 28.2 Å². The molecule has 112 valence electrons. The van der Waals surface area contributed by atoms with E-state index in [4.69, 9.17) is 5.73 Å². The quantitative estimate of drug-likeness (QED) is 0.827. The summed E-state index contributed by atoms with van der Waals surface area (Å²) < 4.78 is 1.20. The summed E-state index contributed by atoms with van der Waals surface area (Å²) >= 11 is 3.73. The van der Waals surface area contributed by atoms with Gasteiger partial charge in [0, 0.05) is 28.8 Å². The lowest BCUT2D eigenvalue weighted by atomic mass is 10.0.